The molecule has 96 valence electrons. The van der Waals surface area contributed by atoms with E-state index < -0.39 is 0 Å². The minimum Gasteiger partial charge on any atom is -0.316 e. The summed E-state index contributed by atoms with van der Waals surface area (Å²) in [5.41, 5.74) is 4.16. The van der Waals surface area contributed by atoms with Gasteiger partial charge in [-0.15, -0.1) is 0 Å². The van der Waals surface area contributed by atoms with E-state index in [-0.39, 0.29) is 0 Å². The van der Waals surface area contributed by atoms with Crippen molar-refractivity contribution in [1.29, 1.82) is 0 Å². The Morgan fingerprint density at radius 2 is 2.06 bits per heavy atom. The molecular formula is C14H25N3. The van der Waals surface area contributed by atoms with E-state index in [4.69, 9.17) is 5.10 Å². The SMILES string of the molecule is CCc1nn(CCC2CC2)c(CC)c1CNC. The fraction of sp³-hybridized carbons (Fsp3) is 0.786. The molecule has 0 bridgehead atoms. The van der Waals surface area contributed by atoms with Gasteiger partial charge in [0.05, 0.1) is 5.69 Å². The lowest BCUT2D eigenvalue weighted by Crippen LogP contribution is -2.10. The molecule has 1 aliphatic carbocycles. The van der Waals surface area contributed by atoms with Crippen molar-refractivity contribution in [3.05, 3.63) is 17.0 Å². The Labute approximate surface area is 105 Å². The highest BCUT2D eigenvalue weighted by Gasteiger charge is 2.22. The molecular weight excluding hydrogens is 210 g/mol. The highest BCUT2D eigenvalue weighted by molar-refractivity contribution is 5.26. The third-order valence-electron chi connectivity index (χ3n) is 3.72. The molecule has 0 aliphatic heterocycles. The summed E-state index contributed by atoms with van der Waals surface area (Å²) < 4.78 is 2.27. The molecule has 1 aromatic heterocycles. The quantitative estimate of drug-likeness (QED) is 0.787. The molecule has 1 saturated carbocycles. The van der Waals surface area contributed by atoms with Gasteiger partial charge in [-0.1, -0.05) is 26.7 Å². The molecule has 0 unspecified atom stereocenters. The third-order valence-corrected chi connectivity index (χ3v) is 3.72. The first-order valence-electron chi connectivity index (χ1n) is 7.02. The van der Waals surface area contributed by atoms with Gasteiger partial charge in [-0.3, -0.25) is 4.68 Å². The van der Waals surface area contributed by atoms with Gasteiger partial charge in [0.25, 0.3) is 0 Å². The Balaban J connectivity index is 2.16. The zero-order valence-electron chi connectivity index (χ0n) is 11.4. The Hall–Kier alpha value is -0.830. The van der Waals surface area contributed by atoms with Gasteiger partial charge in [0, 0.05) is 24.3 Å². The summed E-state index contributed by atoms with van der Waals surface area (Å²) in [7, 11) is 2.01. The van der Waals surface area contributed by atoms with E-state index in [2.05, 4.69) is 23.8 Å². The van der Waals surface area contributed by atoms with Gasteiger partial charge in [-0.05, 0) is 32.2 Å². The largest absolute Gasteiger partial charge is 0.316 e. The van der Waals surface area contributed by atoms with Crippen LogP contribution in [0.15, 0.2) is 0 Å². The molecule has 0 spiro atoms. The van der Waals surface area contributed by atoms with Crippen LogP contribution in [0.1, 0.15) is 50.1 Å². The summed E-state index contributed by atoms with van der Waals surface area (Å²) in [5, 5.41) is 8.07. The van der Waals surface area contributed by atoms with Crippen LogP contribution in [0.4, 0.5) is 0 Å². The Kier molecular flexibility index (Phi) is 4.21. The Bertz CT molecular complexity index is 364. The summed E-state index contributed by atoms with van der Waals surface area (Å²) in [4.78, 5) is 0. The molecule has 0 saturated heterocycles. The standard InChI is InChI=1S/C14H25N3/c1-4-13-12(10-15-3)14(5-2)17(16-13)9-8-11-6-7-11/h11,15H,4-10H2,1-3H3. The fourth-order valence-electron chi connectivity index (χ4n) is 2.55. The summed E-state index contributed by atoms with van der Waals surface area (Å²) in [6, 6.07) is 0. The lowest BCUT2D eigenvalue weighted by Gasteiger charge is -2.07. The number of hydrogen-bond acceptors (Lipinski definition) is 2. The zero-order chi connectivity index (χ0) is 12.3. The number of aryl methyl sites for hydroxylation is 2. The van der Waals surface area contributed by atoms with E-state index in [0.29, 0.717) is 0 Å². The van der Waals surface area contributed by atoms with E-state index >= 15 is 0 Å². The predicted octanol–water partition coefficient (Wildman–Crippen LogP) is 2.53. The maximum Gasteiger partial charge on any atom is 0.0669 e. The molecule has 3 nitrogen and oxygen atoms in total. The van der Waals surface area contributed by atoms with Gasteiger partial charge in [0.2, 0.25) is 0 Å². The van der Waals surface area contributed by atoms with Crippen LogP contribution in [0.25, 0.3) is 0 Å². The molecule has 1 heterocycles. The zero-order valence-corrected chi connectivity index (χ0v) is 11.4. The average molecular weight is 235 g/mol. The van der Waals surface area contributed by atoms with Gasteiger partial charge in [-0.2, -0.15) is 5.10 Å². The van der Waals surface area contributed by atoms with Crippen molar-refractivity contribution in [1.82, 2.24) is 15.1 Å². The maximum absolute atomic E-state index is 4.79. The number of rotatable bonds is 7. The third kappa shape index (κ3) is 2.89. The van der Waals surface area contributed by atoms with Crippen molar-refractivity contribution in [3.8, 4) is 0 Å². The first-order valence-corrected chi connectivity index (χ1v) is 7.02. The van der Waals surface area contributed by atoms with Crippen molar-refractivity contribution in [2.45, 2.75) is 59.0 Å². The van der Waals surface area contributed by atoms with Crippen LogP contribution in [-0.4, -0.2) is 16.8 Å². The minimum atomic E-state index is 0.954. The average Bonchev–Trinajstić information content (AvgIpc) is 3.10. The summed E-state index contributed by atoms with van der Waals surface area (Å²) >= 11 is 0. The molecule has 0 radical (unpaired) electrons. The van der Waals surface area contributed by atoms with Crippen LogP contribution < -0.4 is 5.32 Å². The summed E-state index contributed by atoms with van der Waals surface area (Å²) in [6.07, 6.45) is 6.32. The second-order valence-electron chi connectivity index (χ2n) is 5.06. The van der Waals surface area contributed by atoms with Crippen molar-refractivity contribution in [3.63, 3.8) is 0 Å². The Morgan fingerprint density at radius 1 is 1.29 bits per heavy atom. The number of aromatic nitrogens is 2. The van der Waals surface area contributed by atoms with Crippen LogP contribution in [0.5, 0.6) is 0 Å². The van der Waals surface area contributed by atoms with Gasteiger partial charge in [0.15, 0.2) is 0 Å². The predicted molar refractivity (Wildman–Crippen MR) is 71.1 cm³/mol. The first kappa shape index (κ1) is 12.6. The number of nitrogens with one attached hydrogen (secondary N) is 1. The highest BCUT2D eigenvalue weighted by atomic mass is 15.3. The molecule has 1 fully saturated rings. The second kappa shape index (κ2) is 5.67. The number of hydrogen-bond donors (Lipinski definition) is 1. The van der Waals surface area contributed by atoms with E-state index in [1.54, 1.807) is 0 Å². The van der Waals surface area contributed by atoms with Crippen LogP contribution in [-0.2, 0) is 25.9 Å². The number of nitrogens with zero attached hydrogens (tertiary/aromatic N) is 2. The smallest absolute Gasteiger partial charge is 0.0669 e. The van der Waals surface area contributed by atoms with Gasteiger partial charge in [-0.25, -0.2) is 0 Å². The topological polar surface area (TPSA) is 29.9 Å². The molecule has 2 rings (SSSR count). The van der Waals surface area contributed by atoms with Crippen molar-refractivity contribution < 1.29 is 0 Å². The minimum absolute atomic E-state index is 0.954. The Morgan fingerprint density at radius 3 is 2.59 bits per heavy atom. The molecule has 1 aliphatic rings. The second-order valence-corrected chi connectivity index (χ2v) is 5.06. The lowest BCUT2D eigenvalue weighted by atomic mass is 10.1. The summed E-state index contributed by atoms with van der Waals surface area (Å²) in [6.45, 7) is 6.51. The van der Waals surface area contributed by atoms with Crippen molar-refractivity contribution in [2.75, 3.05) is 7.05 Å². The van der Waals surface area contributed by atoms with E-state index in [0.717, 1.165) is 31.8 Å². The molecule has 0 amide bonds. The van der Waals surface area contributed by atoms with Gasteiger partial charge in [0.1, 0.15) is 0 Å². The van der Waals surface area contributed by atoms with Crippen molar-refractivity contribution in [2.24, 2.45) is 5.92 Å². The van der Waals surface area contributed by atoms with Gasteiger partial charge >= 0.3 is 0 Å². The van der Waals surface area contributed by atoms with Crippen molar-refractivity contribution >= 4 is 0 Å². The monoisotopic (exact) mass is 235 g/mol. The molecule has 1 N–H and O–H groups in total. The van der Waals surface area contributed by atoms with Crippen LogP contribution >= 0.6 is 0 Å². The summed E-state index contributed by atoms with van der Waals surface area (Å²) in [5.74, 6) is 0.988. The van der Waals surface area contributed by atoms with Gasteiger partial charge < -0.3 is 5.32 Å². The fourth-order valence-corrected chi connectivity index (χ4v) is 2.55. The lowest BCUT2D eigenvalue weighted by molar-refractivity contribution is 0.524. The van der Waals surface area contributed by atoms with E-state index in [9.17, 15) is 0 Å². The van der Waals surface area contributed by atoms with E-state index in [1.807, 2.05) is 7.05 Å². The van der Waals surface area contributed by atoms with Crippen LogP contribution in [0.3, 0.4) is 0 Å². The molecule has 1 aromatic rings. The highest BCUT2D eigenvalue weighted by Crippen LogP contribution is 2.33. The molecule has 3 heteroatoms. The van der Waals surface area contributed by atoms with Crippen LogP contribution in [0, 0.1) is 5.92 Å². The normalized spacial score (nSPS) is 15.5. The van der Waals surface area contributed by atoms with E-state index in [1.165, 1.54) is 36.2 Å². The molecule has 0 aromatic carbocycles. The van der Waals surface area contributed by atoms with Crippen LogP contribution in [0.2, 0.25) is 0 Å². The molecule has 0 atom stereocenters. The molecule has 17 heavy (non-hydrogen) atoms. The maximum atomic E-state index is 4.79. The first-order chi connectivity index (χ1) is 8.30.